The summed E-state index contributed by atoms with van der Waals surface area (Å²) in [6.45, 7) is 3.72. The number of aliphatic hydroxyl groups is 1. The highest BCUT2D eigenvalue weighted by Crippen LogP contribution is 2.16. The predicted octanol–water partition coefficient (Wildman–Crippen LogP) is 3.61. The highest BCUT2D eigenvalue weighted by atomic mass is 19.3. The van der Waals surface area contributed by atoms with Crippen molar-refractivity contribution < 1.29 is 18.6 Å². The Labute approximate surface area is 131 Å². The highest BCUT2D eigenvalue weighted by Gasteiger charge is 2.13. The van der Waals surface area contributed by atoms with Crippen molar-refractivity contribution in [1.29, 1.82) is 0 Å². The molecule has 0 radical (unpaired) electrons. The lowest BCUT2D eigenvalue weighted by molar-refractivity contribution is -0.0498. The average molecular weight is 315 g/mol. The van der Waals surface area contributed by atoms with Gasteiger partial charge in [0, 0.05) is 12.1 Å². The lowest BCUT2D eigenvalue weighted by atomic mass is 10.0. The summed E-state index contributed by atoms with van der Waals surface area (Å²) in [4.78, 5) is 0. The fourth-order valence-corrected chi connectivity index (χ4v) is 2.47. The van der Waals surface area contributed by atoms with E-state index in [9.17, 15) is 13.9 Å². The van der Waals surface area contributed by atoms with E-state index in [1.54, 1.807) is 12.1 Å². The summed E-state index contributed by atoms with van der Waals surface area (Å²) < 4.78 is 28.5. The maximum absolute atomic E-state index is 12.1. The van der Waals surface area contributed by atoms with Crippen molar-refractivity contribution in [2.75, 3.05) is 6.61 Å². The molecule has 0 aliphatic rings. The normalized spacial score (nSPS) is 14.4. The van der Waals surface area contributed by atoms with Gasteiger partial charge in [0.1, 0.15) is 5.75 Å². The van der Waals surface area contributed by atoms with E-state index in [-0.39, 0.29) is 24.4 Å². The van der Waals surface area contributed by atoms with Gasteiger partial charge in [0.15, 0.2) is 0 Å². The number of hydrogen-bond donors (Lipinski definition) is 2. The SMILES string of the molecule is CC(C)CC(CO)NC(C)CCc1ccc(OC(F)F)cc1. The second kappa shape index (κ2) is 9.74. The van der Waals surface area contributed by atoms with Crippen LogP contribution < -0.4 is 10.1 Å². The fraction of sp³-hybridized carbons (Fsp3) is 0.647. The summed E-state index contributed by atoms with van der Waals surface area (Å²) >= 11 is 0. The second-order valence-corrected chi connectivity index (χ2v) is 6.14. The molecule has 1 rings (SSSR count). The number of aryl methyl sites for hydroxylation is 1. The Bertz CT molecular complexity index is 410. The van der Waals surface area contributed by atoms with Crippen molar-refractivity contribution in [3.63, 3.8) is 0 Å². The maximum atomic E-state index is 12.1. The van der Waals surface area contributed by atoms with Gasteiger partial charge in [-0.05, 0) is 49.8 Å². The fourth-order valence-electron chi connectivity index (χ4n) is 2.47. The number of alkyl halides is 2. The van der Waals surface area contributed by atoms with Crippen molar-refractivity contribution in [3.8, 4) is 5.75 Å². The van der Waals surface area contributed by atoms with Crippen LogP contribution in [-0.4, -0.2) is 30.4 Å². The molecule has 0 amide bonds. The van der Waals surface area contributed by atoms with E-state index in [0.717, 1.165) is 24.8 Å². The summed E-state index contributed by atoms with van der Waals surface area (Å²) in [5, 5.41) is 12.8. The minimum Gasteiger partial charge on any atom is -0.435 e. The molecule has 22 heavy (non-hydrogen) atoms. The van der Waals surface area contributed by atoms with Crippen LogP contribution in [0.25, 0.3) is 0 Å². The van der Waals surface area contributed by atoms with E-state index in [4.69, 9.17) is 0 Å². The Hall–Kier alpha value is -1.20. The third-order valence-electron chi connectivity index (χ3n) is 3.51. The number of benzene rings is 1. The van der Waals surface area contributed by atoms with Gasteiger partial charge >= 0.3 is 6.61 Å². The Morgan fingerprint density at radius 3 is 2.27 bits per heavy atom. The first kappa shape index (κ1) is 18.8. The van der Waals surface area contributed by atoms with Crippen molar-refractivity contribution in [2.24, 2.45) is 5.92 Å². The molecule has 126 valence electrons. The Morgan fingerprint density at radius 1 is 1.14 bits per heavy atom. The van der Waals surface area contributed by atoms with Crippen molar-refractivity contribution >= 4 is 0 Å². The molecule has 0 aromatic heterocycles. The van der Waals surface area contributed by atoms with Gasteiger partial charge in [-0.2, -0.15) is 8.78 Å². The van der Waals surface area contributed by atoms with Gasteiger partial charge in [0.05, 0.1) is 6.61 Å². The van der Waals surface area contributed by atoms with Crippen LogP contribution in [-0.2, 0) is 6.42 Å². The number of ether oxygens (including phenoxy) is 1. The zero-order valence-electron chi connectivity index (χ0n) is 13.6. The molecule has 0 aliphatic carbocycles. The Kier molecular flexibility index (Phi) is 8.35. The van der Waals surface area contributed by atoms with Crippen molar-refractivity contribution in [1.82, 2.24) is 5.32 Å². The van der Waals surface area contributed by atoms with E-state index in [0.29, 0.717) is 5.92 Å². The number of rotatable bonds is 10. The molecule has 3 nitrogen and oxygen atoms in total. The van der Waals surface area contributed by atoms with Crippen LogP contribution in [0.1, 0.15) is 39.2 Å². The van der Waals surface area contributed by atoms with Crippen LogP contribution in [0.4, 0.5) is 8.78 Å². The molecule has 5 heteroatoms. The van der Waals surface area contributed by atoms with Gasteiger partial charge in [-0.3, -0.25) is 0 Å². The largest absolute Gasteiger partial charge is 0.435 e. The molecule has 2 N–H and O–H groups in total. The summed E-state index contributed by atoms with van der Waals surface area (Å²) in [6.07, 6.45) is 2.72. The second-order valence-electron chi connectivity index (χ2n) is 6.14. The lowest BCUT2D eigenvalue weighted by Crippen LogP contribution is -2.40. The van der Waals surface area contributed by atoms with E-state index >= 15 is 0 Å². The van der Waals surface area contributed by atoms with Gasteiger partial charge in [0.2, 0.25) is 0 Å². The van der Waals surface area contributed by atoms with Gasteiger partial charge in [-0.25, -0.2) is 0 Å². The first-order chi connectivity index (χ1) is 10.4. The first-order valence-corrected chi connectivity index (χ1v) is 7.81. The molecular weight excluding hydrogens is 288 g/mol. The van der Waals surface area contributed by atoms with Crippen LogP contribution >= 0.6 is 0 Å². The van der Waals surface area contributed by atoms with Crippen molar-refractivity contribution in [3.05, 3.63) is 29.8 Å². The Balaban J connectivity index is 2.38. The van der Waals surface area contributed by atoms with Gasteiger partial charge in [-0.1, -0.05) is 26.0 Å². The molecule has 0 spiro atoms. The lowest BCUT2D eigenvalue weighted by Gasteiger charge is -2.23. The molecule has 1 aromatic rings. The smallest absolute Gasteiger partial charge is 0.387 e. The molecule has 0 fully saturated rings. The standard InChI is InChI=1S/C17H27F2NO2/c1-12(2)10-15(11-21)20-13(3)4-5-14-6-8-16(9-7-14)22-17(18)19/h6-9,12-13,15,17,20-21H,4-5,10-11H2,1-3H3. The van der Waals surface area contributed by atoms with Gasteiger partial charge in [0.25, 0.3) is 0 Å². The molecule has 0 saturated heterocycles. The summed E-state index contributed by atoms with van der Waals surface area (Å²) in [7, 11) is 0. The molecule has 0 aliphatic heterocycles. The third kappa shape index (κ3) is 7.71. The number of hydrogen-bond acceptors (Lipinski definition) is 3. The minimum atomic E-state index is -2.79. The summed E-state index contributed by atoms with van der Waals surface area (Å²) in [5.41, 5.74) is 1.08. The Morgan fingerprint density at radius 2 is 1.77 bits per heavy atom. The molecular formula is C17H27F2NO2. The number of aliphatic hydroxyl groups excluding tert-OH is 1. The molecule has 0 bridgehead atoms. The van der Waals surface area contributed by atoms with Crippen LogP contribution in [0.3, 0.4) is 0 Å². The maximum Gasteiger partial charge on any atom is 0.387 e. The molecule has 0 heterocycles. The average Bonchev–Trinajstić information content (AvgIpc) is 2.44. The summed E-state index contributed by atoms with van der Waals surface area (Å²) in [6, 6.07) is 7.15. The quantitative estimate of drug-likeness (QED) is 0.693. The molecule has 2 unspecified atom stereocenters. The van der Waals surface area contributed by atoms with E-state index in [2.05, 4.69) is 30.8 Å². The van der Waals surface area contributed by atoms with E-state index in [1.807, 2.05) is 12.1 Å². The van der Waals surface area contributed by atoms with E-state index in [1.165, 1.54) is 0 Å². The van der Waals surface area contributed by atoms with Crippen LogP contribution in [0.15, 0.2) is 24.3 Å². The monoisotopic (exact) mass is 315 g/mol. The predicted molar refractivity (Wildman–Crippen MR) is 84.3 cm³/mol. The molecule has 1 aromatic carbocycles. The minimum absolute atomic E-state index is 0.122. The zero-order valence-corrected chi connectivity index (χ0v) is 13.6. The van der Waals surface area contributed by atoms with Gasteiger partial charge in [-0.15, -0.1) is 0 Å². The number of halogens is 2. The topological polar surface area (TPSA) is 41.5 Å². The summed E-state index contributed by atoms with van der Waals surface area (Å²) in [5.74, 6) is 0.724. The molecule has 0 saturated carbocycles. The highest BCUT2D eigenvalue weighted by molar-refractivity contribution is 5.27. The third-order valence-corrected chi connectivity index (χ3v) is 3.51. The van der Waals surface area contributed by atoms with Crippen LogP contribution in [0.2, 0.25) is 0 Å². The number of nitrogens with one attached hydrogen (secondary N) is 1. The van der Waals surface area contributed by atoms with Crippen molar-refractivity contribution in [2.45, 2.75) is 58.7 Å². The first-order valence-electron chi connectivity index (χ1n) is 7.81. The van der Waals surface area contributed by atoms with E-state index < -0.39 is 6.61 Å². The zero-order chi connectivity index (χ0) is 16.5. The van der Waals surface area contributed by atoms with Crippen LogP contribution in [0, 0.1) is 5.92 Å². The van der Waals surface area contributed by atoms with Crippen LogP contribution in [0.5, 0.6) is 5.75 Å². The van der Waals surface area contributed by atoms with Gasteiger partial charge < -0.3 is 15.2 Å². The molecule has 2 atom stereocenters.